The topological polar surface area (TPSA) is 242 Å². The van der Waals surface area contributed by atoms with E-state index in [0.29, 0.717) is 21.5 Å². The van der Waals surface area contributed by atoms with Gasteiger partial charge in [0.15, 0.2) is 0 Å². The van der Waals surface area contributed by atoms with Crippen LogP contribution in [0.2, 0.25) is 0 Å². The van der Waals surface area contributed by atoms with Crippen molar-refractivity contribution in [3.63, 3.8) is 0 Å². The van der Waals surface area contributed by atoms with Crippen LogP contribution in [0.1, 0.15) is 25.7 Å². The Bertz CT molecular complexity index is 1160. The number of rotatable bonds is 16. The van der Waals surface area contributed by atoms with Gasteiger partial charge < -0.3 is 18.9 Å². The normalized spacial score (nSPS) is 10.2. The van der Waals surface area contributed by atoms with Gasteiger partial charge in [-0.3, -0.25) is 19.2 Å². The van der Waals surface area contributed by atoms with Gasteiger partial charge in [-0.15, -0.1) is 0 Å². The second-order valence-corrected chi connectivity index (χ2v) is 10.1. The van der Waals surface area contributed by atoms with Gasteiger partial charge in [-0.1, -0.05) is 0 Å². The molecule has 20 heteroatoms. The van der Waals surface area contributed by atoms with E-state index in [4.69, 9.17) is 18.9 Å². The second kappa shape index (κ2) is 18.0. The van der Waals surface area contributed by atoms with Crippen molar-refractivity contribution >= 4 is 86.5 Å². The Kier molecular flexibility index (Phi) is 16.3. The first-order valence-corrected chi connectivity index (χ1v) is 14.1. The fourth-order valence-electron chi connectivity index (χ4n) is 1.96. The molecule has 0 amide bonds. The van der Waals surface area contributed by atoms with Crippen LogP contribution in [0, 0.1) is 5.41 Å². The number of hydrogen-bond donors (Lipinski definition) is 0. The minimum absolute atomic E-state index is 0.556. The molecule has 0 heterocycles. The maximum atomic E-state index is 11.9. The summed E-state index contributed by atoms with van der Waals surface area (Å²) in [5.74, 6) is -4.45. The molecule has 0 N–H and O–H groups in total. The smallest absolute Gasteiger partial charge is 0.310 e. The molecule has 0 aromatic carbocycles. The van der Waals surface area contributed by atoms with Crippen LogP contribution in [0.25, 0.3) is 0 Å². The largest absolute Gasteiger partial charge is 0.464 e. The fourth-order valence-corrected chi connectivity index (χ4v) is 3.05. The highest BCUT2D eigenvalue weighted by atomic mass is 32.2. The van der Waals surface area contributed by atoms with E-state index in [0.717, 1.165) is 0 Å². The molecule has 37 heavy (non-hydrogen) atoms. The van der Waals surface area contributed by atoms with Gasteiger partial charge in [0, 0.05) is 21.5 Å². The van der Waals surface area contributed by atoms with Crippen molar-refractivity contribution in [1.82, 2.24) is 0 Å². The van der Waals surface area contributed by atoms with Crippen molar-refractivity contribution < 1.29 is 71.8 Å². The molecule has 0 rings (SSSR count). The lowest BCUT2D eigenvalue weighted by Crippen LogP contribution is -2.44. The lowest BCUT2D eigenvalue weighted by Gasteiger charge is -2.31. The summed E-state index contributed by atoms with van der Waals surface area (Å²) >= 11 is 0. The molecule has 0 spiro atoms. The van der Waals surface area contributed by atoms with Gasteiger partial charge in [0.2, 0.25) is 41.2 Å². The number of esters is 4. The predicted molar refractivity (Wildman–Crippen MR) is 125 cm³/mol. The zero-order chi connectivity index (χ0) is 28.4. The maximum absolute atomic E-state index is 11.9. The average Bonchev–Trinajstić information content (AvgIpc) is 2.82. The molecule has 208 valence electrons. The van der Waals surface area contributed by atoms with E-state index in [1.807, 2.05) is 0 Å². The highest BCUT2D eigenvalue weighted by Crippen LogP contribution is 2.22. The number of carbonyl (C=O) groups is 4. The van der Waals surface area contributed by atoms with Gasteiger partial charge >= 0.3 is 23.9 Å². The first-order chi connectivity index (χ1) is 17.2. The lowest BCUT2D eigenvalue weighted by atomic mass is 9.92. The van der Waals surface area contributed by atoms with Crippen LogP contribution in [0.5, 0.6) is 0 Å². The molecule has 0 fully saturated rings. The Morgan fingerprint density at radius 3 is 0.784 bits per heavy atom. The Hall–Kier alpha value is -3.36. The van der Waals surface area contributed by atoms with E-state index in [2.05, 4.69) is 0 Å². The molecule has 0 unspecified atom stereocenters. The number of carbonyl (C=O) groups excluding carboxylic acids is 4. The van der Waals surface area contributed by atoms with Crippen LogP contribution in [-0.2, 0) is 79.3 Å². The Balaban J connectivity index is 5.95. The first-order valence-electron chi connectivity index (χ1n) is 9.53. The van der Waals surface area contributed by atoms with E-state index in [9.17, 15) is 52.8 Å². The summed E-state index contributed by atoms with van der Waals surface area (Å²) < 4.78 is 104. The summed E-state index contributed by atoms with van der Waals surface area (Å²) in [7, 11) is -10.8. The van der Waals surface area contributed by atoms with Gasteiger partial charge in [-0.05, 0) is 0 Å². The van der Waals surface area contributed by atoms with E-state index < -0.39 is 123 Å². The molecule has 0 saturated carbocycles. The molecule has 0 aliphatic carbocycles. The molecule has 0 aliphatic heterocycles. The van der Waals surface area contributed by atoms with Gasteiger partial charge in [-0.2, -0.15) is 33.7 Å². The van der Waals surface area contributed by atoms with Crippen LogP contribution in [0.4, 0.5) is 0 Å². The van der Waals surface area contributed by atoms with Gasteiger partial charge in [0.05, 0.1) is 25.7 Å². The maximum Gasteiger partial charge on any atom is 0.310 e. The summed E-state index contributed by atoms with van der Waals surface area (Å²) in [5, 5.41) is 2.23. The third-order valence-electron chi connectivity index (χ3n) is 3.70. The fraction of sp³-hybridized carbons (Fsp3) is 0.529. The van der Waals surface area contributed by atoms with E-state index in [1.54, 1.807) is 0 Å². The Morgan fingerprint density at radius 2 is 0.622 bits per heavy atom. The summed E-state index contributed by atoms with van der Waals surface area (Å²) in [5.41, 5.74) is -1.86. The van der Waals surface area contributed by atoms with Crippen LogP contribution >= 0.6 is 0 Å². The molecule has 0 aliphatic rings. The molecule has 0 saturated heterocycles. The highest BCUT2D eigenvalue weighted by molar-refractivity contribution is 7.72. The second-order valence-electron chi connectivity index (χ2n) is 6.67. The van der Waals surface area contributed by atoms with Crippen molar-refractivity contribution in [3.05, 3.63) is 0 Å². The summed E-state index contributed by atoms with van der Waals surface area (Å²) in [6.45, 7) is -3.26. The summed E-state index contributed by atoms with van der Waals surface area (Å²) in [6, 6.07) is 0. The quantitative estimate of drug-likeness (QED) is 0.0934. The van der Waals surface area contributed by atoms with Crippen LogP contribution < -0.4 is 0 Å². The van der Waals surface area contributed by atoms with Gasteiger partial charge in [0.1, 0.15) is 31.8 Å². The monoisotopic (exact) mass is 608 g/mol. The minimum Gasteiger partial charge on any atom is -0.464 e. The predicted octanol–water partition coefficient (Wildman–Crippen LogP) is -3.57. The van der Waals surface area contributed by atoms with Crippen LogP contribution in [0.3, 0.4) is 0 Å². The van der Waals surface area contributed by atoms with E-state index in [1.165, 1.54) is 0 Å². The van der Waals surface area contributed by atoms with Crippen molar-refractivity contribution in [1.29, 1.82) is 0 Å². The van der Waals surface area contributed by atoms with Crippen molar-refractivity contribution in [3.8, 4) is 0 Å². The van der Waals surface area contributed by atoms with E-state index in [-0.39, 0.29) is 0 Å². The van der Waals surface area contributed by atoms with Crippen molar-refractivity contribution in [2.45, 2.75) is 25.7 Å². The average molecular weight is 609 g/mol. The molecule has 0 radical (unpaired) electrons. The van der Waals surface area contributed by atoms with Crippen LogP contribution in [-0.4, -0.2) is 105 Å². The van der Waals surface area contributed by atoms with Gasteiger partial charge in [-0.25, -0.2) is 0 Å². The standard InChI is InChI=1S/C17H20O16S4/c18-13(1-5-34(22)23)30-9-17(10-31-14(19)2-6-35(24)25,11-32-15(20)3-7-36(26)27)12-33-16(21)4-8-37(28)29/h5-8H,1-4,9-12H2. The van der Waals surface area contributed by atoms with E-state index >= 15 is 0 Å². The number of ether oxygens (including phenoxy) is 4. The Labute approximate surface area is 215 Å². The first kappa shape index (κ1) is 33.6. The summed E-state index contributed by atoms with van der Waals surface area (Å²) in [6.07, 6.45) is -2.87. The molecule has 0 aromatic heterocycles. The molecule has 0 bridgehead atoms. The van der Waals surface area contributed by atoms with Crippen molar-refractivity contribution in [2.24, 2.45) is 5.41 Å². The summed E-state index contributed by atoms with van der Waals surface area (Å²) in [4.78, 5) is 47.5. The third kappa shape index (κ3) is 18.6. The molecule has 16 nitrogen and oxygen atoms in total. The van der Waals surface area contributed by atoms with Crippen LogP contribution in [0.15, 0.2) is 0 Å². The zero-order valence-corrected chi connectivity index (χ0v) is 21.9. The third-order valence-corrected chi connectivity index (χ3v) is 5.46. The lowest BCUT2D eigenvalue weighted by molar-refractivity contribution is -0.169. The van der Waals surface area contributed by atoms with Gasteiger partial charge in [0.25, 0.3) is 0 Å². The number of hydrogen-bond acceptors (Lipinski definition) is 16. The molecular formula is C17H20O16S4. The minimum atomic E-state index is -2.70. The molecule has 0 atom stereocenters. The zero-order valence-electron chi connectivity index (χ0n) is 18.6. The Morgan fingerprint density at radius 1 is 0.432 bits per heavy atom. The van der Waals surface area contributed by atoms with Crippen molar-refractivity contribution in [2.75, 3.05) is 26.4 Å². The molecular weight excluding hydrogens is 588 g/mol. The molecule has 0 aromatic rings. The SMILES string of the molecule is O=C(CC=S(=O)=O)OCC(COC(=O)CC=S(=O)=O)(COC(=O)CC=S(=O)=O)COC(=O)CC=S(=O)=O. The highest BCUT2D eigenvalue weighted by Gasteiger charge is 2.37.